The van der Waals surface area contributed by atoms with E-state index in [1.54, 1.807) is 0 Å². The minimum Gasteiger partial charge on any atom is -0.0654 e. The first-order valence-electron chi connectivity index (χ1n) is 2.77. The van der Waals surface area contributed by atoms with E-state index in [1.165, 1.54) is 0 Å². The van der Waals surface area contributed by atoms with Gasteiger partial charge in [-0.2, -0.15) is 0 Å². The zero-order valence-electron chi connectivity index (χ0n) is 4.99. The molecule has 4 heavy (non-hydrogen) atoms. The molecular weight excluding hydrogens is 48.0 g/mol. The van der Waals surface area contributed by atoms with Gasteiger partial charge in [0.05, 0.1) is 0 Å². The summed E-state index contributed by atoms with van der Waals surface area (Å²) in [6.07, 6.45) is 1.66. The van der Waals surface area contributed by atoms with Gasteiger partial charge in [-0.3, -0.25) is 0 Å². The summed E-state index contributed by atoms with van der Waals surface area (Å²) in [5.41, 5.74) is 0. The lowest BCUT2D eigenvalue weighted by molar-refractivity contribution is 0.886. The third-order valence-electron chi connectivity index (χ3n) is 0.289. The highest BCUT2D eigenvalue weighted by Crippen LogP contribution is 1.76. The second-order valence-corrected chi connectivity index (χ2v) is 0.789. The first-order valence-corrected chi connectivity index (χ1v) is 1.62. The van der Waals surface area contributed by atoms with Crippen LogP contribution in [-0.2, 0) is 0 Å². The molecule has 0 aliphatic rings. The Morgan fingerprint density at radius 3 is 2.50 bits per heavy atom. The largest absolute Gasteiger partial charge is 0.0654 e. The molecule has 0 aliphatic carbocycles. The van der Waals surface area contributed by atoms with Gasteiger partial charge < -0.3 is 0 Å². The molecule has 0 aromatic heterocycles. The summed E-state index contributed by atoms with van der Waals surface area (Å²) in [5, 5.41) is 0. The molecule has 0 atom stereocenters. The van der Waals surface area contributed by atoms with Crippen molar-refractivity contribution in [2.45, 2.75) is 26.6 Å². The van der Waals surface area contributed by atoms with Crippen LogP contribution in [0, 0.1) is 0 Å². The normalized spacial score (nSPS) is 15.5. The SMILES string of the molecule is [2H]C([2H])CCC. The van der Waals surface area contributed by atoms with Crippen LogP contribution in [0.15, 0.2) is 0 Å². The average molecular weight is 60.1 g/mol. The first kappa shape index (κ1) is 1.44. The summed E-state index contributed by atoms with van der Waals surface area (Å²) < 4.78 is 13.3. The second-order valence-electron chi connectivity index (χ2n) is 0.789. The Morgan fingerprint density at radius 1 is 1.75 bits per heavy atom. The third kappa shape index (κ3) is 2.00. The van der Waals surface area contributed by atoms with E-state index in [1.807, 2.05) is 6.92 Å². The fourth-order valence-corrected chi connectivity index (χ4v) is 0. The molecule has 26 valence electrons. The van der Waals surface area contributed by atoms with Crippen molar-refractivity contribution in [2.24, 2.45) is 0 Å². The molecule has 0 aliphatic heterocycles. The van der Waals surface area contributed by atoms with Crippen LogP contribution in [0.4, 0.5) is 0 Å². The lowest BCUT2D eigenvalue weighted by atomic mass is 10.4. The average Bonchev–Trinajstić information content (AvgIpc) is 1.35. The summed E-state index contributed by atoms with van der Waals surface area (Å²) in [6.45, 7) is 1.38. The molecule has 0 heteroatoms. The van der Waals surface area contributed by atoms with Crippen LogP contribution in [0.2, 0.25) is 0 Å². The molecule has 0 bridgehead atoms. The van der Waals surface area contributed by atoms with E-state index >= 15 is 0 Å². The van der Waals surface area contributed by atoms with E-state index in [-0.39, 0.29) is 0 Å². The van der Waals surface area contributed by atoms with Crippen LogP contribution in [0.5, 0.6) is 0 Å². The molecule has 0 N–H and O–H groups in total. The summed E-state index contributed by atoms with van der Waals surface area (Å²) >= 11 is 0. The molecule has 0 nitrogen and oxygen atoms in total. The molecule has 0 saturated heterocycles. The topological polar surface area (TPSA) is 0 Å². The van der Waals surface area contributed by atoms with E-state index in [2.05, 4.69) is 0 Å². The minimum absolute atomic E-state index is 0.602. The van der Waals surface area contributed by atoms with Crippen molar-refractivity contribution in [3.63, 3.8) is 0 Å². The van der Waals surface area contributed by atoms with Crippen molar-refractivity contribution in [3.8, 4) is 0 Å². The molecule has 0 aromatic carbocycles. The molecule has 0 rings (SSSR count). The van der Waals surface area contributed by atoms with Crippen molar-refractivity contribution >= 4 is 0 Å². The van der Waals surface area contributed by atoms with Crippen molar-refractivity contribution in [1.29, 1.82) is 0 Å². The van der Waals surface area contributed by atoms with Crippen LogP contribution in [-0.4, -0.2) is 0 Å². The van der Waals surface area contributed by atoms with Gasteiger partial charge in [0, 0.05) is 2.74 Å². The maximum atomic E-state index is 6.64. The zero-order chi connectivity index (χ0) is 4.99. The molecule has 0 heterocycles. The fourth-order valence-electron chi connectivity index (χ4n) is 0. The maximum absolute atomic E-state index is 6.64. The van der Waals surface area contributed by atoms with Crippen molar-refractivity contribution in [1.82, 2.24) is 0 Å². The third-order valence-corrected chi connectivity index (χ3v) is 0.289. The number of hydrogen-bond donors (Lipinski definition) is 0. The maximum Gasteiger partial charge on any atom is 0.0230 e. The second kappa shape index (κ2) is 3.00. The van der Waals surface area contributed by atoms with Crippen molar-refractivity contribution in [2.75, 3.05) is 0 Å². The Kier molecular flexibility index (Phi) is 1.08. The highest BCUT2D eigenvalue weighted by molar-refractivity contribution is 4.12. The Hall–Kier alpha value is 0. The Bertz CT molecular complexity index is 26.7. The molecule has 0 radical (unpaired) electrons. The Morgan fingerprint density at radius 2 is 2.50 bits per heavy atom. The fraction of sp³-hybridized carbons (Fsp3) is 1.00. The van der Waals surface area contributed by atoms with Crippen molar-refractivity contribution in [3.05, 3.63) is 0 Å². The van der Waals surface area contributed by atoms with Gasteiger partial charge in [-0.25, -0.2) is 0 Å². The van der Waals surface area contributed by atoms with Gasteiger partial charge in [0.2, 0.25) is 0 Å². The Labute approximate surface area is 30.6 Å². The van der Waals surface area contributed by atoms with Gasteiger partial charge in [0.15, 0.2) is 0 Å². The van der Waals surface area contributed by atoms with E-state index in [0.717, 1.165) is 6.42 Å². The molecule has 0 fully saturated rings. The molecule has 0 amide bonds. The van der Waals surface area contributed by atoms with Gasteiger partial charge in [0.1, 0.15) is 0 Å². The molecular formula is C4H10. The highest BCUT2D eigenvalue weighted by atomic mass is 13.6. The van der Waals surface area contributed by atoms with Gasteiger partial charge in [-0.15, -0.1) is 0 Å². The molecule has 0 saturated carbocycles. The smallest absolute Gasteiger partial charge is 0.0230 e. The van der Waals surface area contributed by atoms with Crippen LogP contribution >= 0.6 is 0 Å². The van der Waals surface area contributed by atoms with Gasteiger partial charge >= 0.3 is 0 Å². The zero-order valence-corrected chi connectivity index (χ0v) is 2.99. The van der Waals surface area contributed by atoms with Gasteiger partial charge in [0.25, 0.3) is 0 Å². The molecule has 0 aromatic rings. The Balaban J connectivity index is 2.63. The quantitative estimate of drug-likeness (QED) is 0.433. The number of hydrogen-bond acceptors (Lipinski definition) is 0. The predicted octanol–water partition coefficient (Wildman–Crippen LogP) is 1.81. The number of rotatable bonds is 1. The van der Waals surface area contributed by atoms with Crippen LogP contribution < -0.4 is 0 Å². The van der Waals surface area contributed by atoms with Crippen molar-refractivity contribution < 1.29 is 2.74 Å². The lowest BCUT2D eigenvalue weighted by Crippen LogP contribution is -1.47. The first-order chi connectivity index (χ1) is 2.77. The van der Waals surface area contributed by atoms with Crippen LogP contribution in [0.1, 0.15) is 29.4 Å². The minimum atomic E-state index is -0.602. The van der Waals surface area contributed by atoms with E-state index in [0.29, 0.717) is 6.42 Å². The van der Waals surface area contributed by atoms with Gasteiger partial charge in [-0.1, -0.05) is 26.6 Å². The summed E-state index contributed by atoms with van der Waals surface area (Å²) in [5.74, 6) is 0. The predicted molar refractivity (Wildman–Crippen MR) is 20.6 cm³/mol. The van der Waals surface area contributed by atoms with E-state index in [4.69, 9.17) is 2.74 Å². The van der Waals surface area contributed by atoms with E-state index < -0.39 is 6.88 Å². The van der Waals surface area contributed by atoms with Gasteiger partial charge in [-0.05, 0) is 0 Å². The summed E-state index contributed by atoms with van der Waals surface area (Å²) in [4.78, 5) is 0. The lowest BCUT2D eigenvalue weighted by Gasteiger charge is -1.68. The standard InChI is InChI=1S/C4H10/c1-3-4-2/h3-4H2,1-2H3/i1D2. The van der Waals surface area contributed by atoms with E-state index in [9.17, 15) is 0 Å². The highest BCUT2D eigenvalue weighted by Gasteiger charge is 1.56. The molecule has 0 spiro atoms. The monoisotopic (exact) mass is 60.1 g/mol. The summed E-state index contributed by atoms with van der Waals surface area (Å²) in [6, 6.07) is 0. The summed E-state index contributed by atoms with van der Waals surface area (Å²) in [7, 11) is 0. The van der Waals surface area contributed by atoms with Crippen LogP contribution in [0.25, 0.3) is 0 Å². The molecule has 0 unspecified atom stereocenters. The van der Waals surface area contributed by atoms with Crippen LogP contribution in [0.3, 0.4) is 0 Å².